The minimum Gasteiger partial charge on any atom is -0.350 e. The lowest BCUT2D eigenvalue weighted by molar-refractivity contribution is 0.270. The van der Waals surface area contributed by atoms with Gasteiger partial charge < -0.3 is 10.2 Å². The van der Waals surface area contributed by atoms with E-state index < -0.39 is 0 Å². The summed E-state index contributed by atoms with van der Waals surface area (Å²) in [5, 5.41) is 6.55. The van der Waals surface area contributed by atoms with E-state index in [1.807, 2.05) is 7.05 Å². The van der Waals surface area contributed by atoms with Gasteiger partial charge in [-0.3, -0.25) is 4.90 Å². The molecule has 1 aromatic rings. The predicted octanol–water partition coefficient (Wildman–Crippen LogP) is 2.34. The van der Waals surface area contributed by atoms with Gasteiger partial charge in [0.05, 0.1) is 5.69 Å². The molecule has 0 spiro atoms. The van der Waals surface area contributed by atoms with Gasteiger partial charge in [-0.05, 0) is 39.9 Å². The molecule has 1 saturated heterocycles. The average molecular weight is 282 g/mol. The Morgan fingerprint density at radius 1 is 1.63 bits per heavy atom. The minimum atomic E-state index is 0.331. The van der Waals surface area contributed by atoms with Gasteiger partial charge >= 0.3 is 0 Å². The summed E-state index contributed by atoms with van der Waals surface area (Å²) < 4.78 is 0. The fraction of sp³-hybridized carbons (Fsp3) is 0.786. The molecule has 1 fully saturated rings. The van der Waals surface area contributed by atoms with E-state index in [1.54, 1.807) is 11.3 Å². The predicted molar refractivity (Wildman–Crippen MR) is 83.1 cm³/mol. The first kappa shape index (κ1) is 14.8. The third-order valence-corrected chi connectivity index (χ3v) is 5.08. The van der Waals surface area contributed by atoms with Gasteiger partial charge in [0.25, 0.3) is 0 Å². The van der Waals surface area contributed by atoms with Gasteiger partial charge in [-0.25, -0.2) is 4.98 Å². The molecule has 4 nitrogen and oxygen atoms in total. The van der Waals surface area contributed by atoms with Crippen molar-refractivity contribution < 1.29 is 0 Å². The summed E-state index contributed by atoms with van der Waals surface area (Å²) in [5.74, 6) is 0. The summed E-state index contributed by atoms with van der Waals surface area (Å²) in [6.07, 6.45) is 2.66. The fourth-order valence-electron chi connectivity index (χ4n) is 2.71. The van der Waals surface area contributed by atoms with Crippen LogP contribution in [0.15, 0.2) is 5.38 Å². The third kappa shape index (κ3) is 3.46. The largest absolute Gasteiger partial charge is 0.350 e. The standard InChI is InChI=1S/C14H26N4S/c1-5-18-8-6-7-12(18)9-17(4)14-16-13(10-19-14)11(2)15-3/h10-12,15H,5-9H2,1-4H3. The van der Waals surface area contributed by atoms with E-state index in [1.165, 1.54) is 25.9 Å². The maximum absolute atomic E-state index is 4.74. The first-order valence-electron chi connectivity index (χ1n) is 7.23. The number of aromatic nitrogens is 1. The van der Waals surface area contributed by atoms with E-state index in [2.05, 4.69) is 41.4 Å². The molecule has 108 valence electrons. The molecule has 0 saturated carbocycles. The highest BCUT2D eigenvalue weighted by molar-refractivity contribution is 7.13. The van der Waals surface area contributed by atoms with Crippen LogP contribution in [-0.2, 0) is 0 Å². The van der Waals surface area contributed by atoms with E-state index in [0.29, 0.717) is 12.1 Å². The highest BCUT2D eigenvalue weighted by atomic mass is 32.1. The van der Waals surface area contributed by atoms with Crippen molar-refractivity contribution in [1.82, 2.24) is 15.2 Å². The first-order chi connectivity index (χ1) is 9.15. The monoisotopic (exact) mass is 282 g/mol. The van der Waals surface area contributed by atoms with Gasteiger partial charge in [-0.15, -0.1) is 11.3 Å². The summed E-state index contributed by atoms with van der Waals surface area (Å²) in [4.78, 5) is 9.64. The molecular formula is C14H26N4S. The summed E-state index contributed by atoms with van der Waals surface area (Å²) >= 11 is 1.75. The minimum absolute atomic E-state index is 0.331. The zero-order valence-electron chi connectivity index (χ0n) is 12.5. The molecule has 2 rings (SSSR count). The highest BCUT2D eigenvalue weighted by Crippen LogP contribution is 2.25. The van der Waals surface area contributed by atoms with Crippen LogP contribution in [0.2, 0.25) is 0 Å². The number of thiazole rings is 1. The molecular weight excluding hydrogens is 256 g/mol. The number of hydrogen-bond donors (Lipinski definition) is 1. The van der Waals surface area contributed by atoms with Crippen molar-refractivity contribution in [2.45, 2.75) is 38.8 Å². The summed E-state index contributed by atoms with van der Waals surface area (Å²) in [7, 11) is 4.14. The Hall–Kier alpha value is -0.650. The lowest BCUT2D eigenvalue weighted by Crippen LogP contribution is -2.38. The third-order valence-electron chi connectivity index (χ3n) is 4.10. The van der Waals surface area contributed by atoms with Crippen LogP contribution < -0.4 is 10.2 Å². The van der Waals surface area contributed by atoms with E-state index >= 15 is 0 Å². The van der Waals surface area contributed by atoms with Crippen molar-refractivity contribution in [1.29, 1.82) is 0 Å². The van der Waals surface area contributed by atoms with Crippen molar-refractivity contribution in [2.24, 2.45) is 0 Å². The van der Waals surface area contributed by atoms with Crippen LogP contribution in [0.1, 0.15) is 38.4 Å². The summed E-state index contributed by atoms with van der Waals surface area (Å²) in [6.45, 7) is 7.92. The Morgan fingerprint density at radius 3 is 3.11 bits per heavy atom. The number of nitrogens with one attached hydrogen (secondary N) is 1. The fourth-order valence-corrected chi connectivity index (χ4v) is 3.61. The zero-order chi connectivity index (χ0) is 13.8. The van der Waals surface area contributed by atoms with Gasteiger partial charge in [0.15, 0.2) is 5.13 Å². The average Bonchev–Trinajstić information content (AvgIpc) is 3.06. The smallest absolute Gasteiger partial charge is 0.185 e. The maximum atomic E-state index is 4.74. The van der Waals surface area contributed by atoms with Crippen LogP contribution in [0.3, 0.4) is 0 Å². The normalized spacial score (nSPS) is 21.8. The molecule has 0 aromatic carbocycles. The number of hydrogen-bond acceptors (Lipinski definition) is 5. The van der Waals surface area contributed by atoms with Gasteiger partial charge in [0.2, 0.25) is 0 Å². The second-order valence-corrected chi connectivity index (χ2v) is 6.21. The van der Waals surface area contributed by atoms with Crippen LogP contribution in [0, 0.1) is 0 Å². The summed E-state index contributed by atoms with van der Waals surface area (Å²) in [5.41, 5.74) is 1.15. The Kier molecular flexibility index (Phi) is 5.19. The molecule has 19 heavy (non-hydrogen) atoms. The zero-order valence-corrected chi connectivity index (χ0v) is 13.3. The topological polar surface area (TPSA) is 31.4 Å². The van der Waals surface area contributed by atoms with Crippen LogP contribution in [0.25, 0.3) is 0 Å². The van der Waals surface area contributed by atoms with Crippen LogP contribution in [-0.4, -0.2) is 49.7 Å². The molecule has 2 unspecified atom stereocenters. The number of likely N-dealkylation sites (N-methyl/N-ethyl adjacent to an activating group) is 2. The Labute approximate surface area is 120 Å². The summed E-state index contributed by atoms with van der Waals surface area (Å²) in [6, 6.07) is 1.03. The van der Waals surface area contributed by atoms with Gasteiger partial charge in [0, 0.05) is 31.1 Å². The lowest BCUT2D eigenvalue weighted by atomic mass is 10.2. The van der Waals surface area contributed by atoms with Crippen molar-refractivity contribution in [3.63, 3.8) is 0 Å². The molecule has 1 aliphatic heterocycles. The molecule has 0 aliphatic carbocycles. The highest BCUT2D eigenvalue weighted by Gasteiger charge is 2.24. The molecule has 2 atom stereocenters. The quantitative estimate of drug-likeness (QED) is 0.868. The molecule has 1 aliphatic rings. The lowest BCUT2D eigenvalue weighted by Gasteiger charge is -2.27. The number of rotatable bonds is 6. The van der Waals surface area contributed by atoms with E-state index in [4.69, 9.17) is 4.98 Å². The second kappa shape index (κ2) is 6.68. The van der Waals surface area contributed by atoms with E-state index in [-0.39, 0.29) is 0 Å². The molecule has 2 heterocycles. The van der Waals surface area contributed by atoms with Crippen molar-refractivity contribution in [3.05, 3.63) is 11.1 Å². The maximum Gasteiger partial charge on any atom is 0.185 e. The van der Waals surface area contributed by atoms with Gasteiger partial charge in [-0.1, -0.05) is 6.92 Å². The van der Waals surface area contributed by atoms with Crippen LogP contribution >= 0.6 is 11.3 Å². The molecule has 1 N–H and O–H groups in total. The Bertz CT molecular complexity index is 393. The molecule has 0 bridgehead atoms. The number of nitrogens with zero attached hydrogens (tertiary/aromatic N) is 3. The van der Waals surface area contributed by atoms with Crippen molar-refractivity contribution in [2.75, 3.05) is 38.6 Å². The van der Waals surface area contributed by atoms with Gasteiger partial charge in [0.1, 0.15) is 0 Å². The van der Waals surface area contributed by atoms with Crippen LogP contribution in [0.5, 0.6) is 0 Å². The Balaban J connectivity index is 1.95. The molecule has 0 radical (unpaired) electrons. The SMILES string of the molecule is CCN1CCCC1CN(C)c1nc(C(C)NC)cs1. The number of likely N-dealkylation sites (tertiary alicyclic amines) is 1. The van der Waals surface area contributed by atoms with Crippen molar-refractivity contribution in [3.8, 4) is 0 Å². The Morgan fingerprint density at radius 2 is 2.42 bits per heavy atom. The molecule has 5 heteroatoms. The second-order valence-electron chi connectivity index (χ2n) is 5.37. The van der Waals surface area contributed by atoms with E-state index in [9.17, 15) is 0 Å². The van der Waals surface area contributed by atoms with Crippen LogP contribution in [0.4, 0.5) is 5.13 Å². The first-order valence-corrected chi connectivity index (χ1v) is 8.11. The molecule has 1 aromatic heterocycles. The van der Waals surface area contributed by atoms with Gasteiger partial charge in [-0.2, -0.15) is 0 Å². The molecule has 0 amide bonds. The van der Waals surface area contributed by atoms with Crippen molar-refractivity contribution >= 4 is 16.5 Å². The number of anilines is 1. The van der Waals surface area contributed by atoms with E-state index in [0.717, 1.165) is 17.4 Å².